The van der Waals surface area contributed by atoms with Crippen molar-refractivity contribution in [2.45, 2.75) is 18.9 Å². The third-order valence-electron chi connectivity index (χ3n) is 5.76. The summed E-state index contributed by atoms with van der Waals surface area (Å²) in [6.07, 6.45) is 2.03. The first-order valence-electron chi connectivity index (χ1n) is 9.99. The van der Waals surface area contributed by atoms with Crippen LogP contribution in [0.25, 0.3) is 0 Å². The van der Waals surface area contributed by atoms with Crippen LogP contribution in [0.4, 0.5) is 0 Å². The number of likely N-dealkylation sites (tertiary alicyclic amines) is 1. The van der Waals surface area contributed by atoms with E-state index in [2.05, 4.69) is 15.9 Å². The molecule has 7 nitrogen and oxygen atoms in total. The van der Waals surface area contributed by atoms with E-state index in [0.29, 0.717) is 19.8 Å². The van der Waals surface area contributed by atoms with Crippen molar-refractivity contribution in [3.63, 3.8) is 0 Å². The number of carbonyl (C=O) groups is 1. The number of fused-ring (bicyclic) bond motifs is 1. The summed E-state index contributed by atoms with van der Waals surface area (Å²) in [5.41, 5.74) is 1.14. The van der Waals surface area contributed by atoms with E-state index in [-0.39, 0.29) is 18.6 Å². The molecule has 1 unspecified atom stereocenters. The van der Waals surface area contributed by atoms with Gasteiger partial charge in [-0.05, 0) is 30.5 Å². The minimum absolute atomic E-state index is 0.129. The molecule has 1 atom stereocenters. The molecule has 3 aliphatic heterocycles. The largest absolute Gasteiger partial charge is 0.486 e. The fourth-order valence-corrected chi connectivity index (χ4v) is 4.27. The number of hydrogen-bond donors (Lipinski definition) is 1. The van der Waals surface area contributed by atoms with Crippen molar-refractivity contribution >= 4 is 5.91 Å². The quantitative estimate of drug-likeness (QED) is 0.819. The van der Waals surface area contributed by atoms with Crippen LogP contribution in [0.1, 0.15) is 24.4 Å². The van der Waals surface area contributed by atoms with E-state index in [1.54, 1.807) is 0 Å². The zero-order chi connectivity index (χ0) is 18.6. The van der Waals surface area contributed by atoms with Gasteiger partial charge in [0.25, 0.3) is 0 Å². The lowest BCUT2D eigenvalue weighted by atomic mass is 10.0. The molecule has 0 aromatic heterocycles. The molecule has 1 aromatic carbocycles. The van der Waals surface area contributed by atoms with Crippen LogP contribution in [-0.2, 0) is 4.79 Å². The van der Waals surface area contributed by atoms with E-state index < -0.39 is 0 Å². The highest BCUT2D eigenvalue weighted by atomic mass is 16.6. The molecule has 0 spiro atoms. The second kappa shape index (κ2) is 8.46. The van der Waals surface area contributed by atoms with Crippen molar-refractivity contribution in [1.29, 1.82) is 0 Å². The molecule has 27 heavy (non-hydrogen) atoms. The topological polar surface area (TPSA) is 65.5 Å². The normalized spacial score (nSPS) is 23.6. The molecule has 4 rings (SSSR count). The third kappa shape index (κ3) is 4.20. The molecule has 0 bridgehead atoms. The Bertz CT molecular complexity index is 661. The van der Waals surface area contributed by atoms with E-state index >= 15 is 0 Å². The lowest BCUT2D eigenvalue weighted by Crippen LogP contribution is -2.50. The summed E-state index contributed by atoms with van der Waals surface area (Å²) in [4.78, 5) is 19.5. The lowest BCUT2D eigenvalue weighted by Gasteiger charge is -2.35. The molecule has 0 radical (unpaired) electrons. The van der Waals surface area contributed by atoms with Gasteiger partial charge < -0.3 is 19.5 Å². The average molecular weight is 375 g/mol. The smallest absolute Gasteiger partial charge is 0.237 e. The van der Waals surface area contributed by atoms with Crippen LogP contribution < -0.4 is 9.47 Å². The van der Waals surface area contributed by atoms with Crippen LogP contribution in [0.15, 0.2) is 18.2 Å². The van der Waals surface area contributed by atoms with E-state index in [1.807, 2.05) is 17.0 Å². The number of β-amino-alcohol motifs (C(OH)–C–C–N with tert-alkyl or cyclic N) is 1. The van der Waals surface area contributed by atoms with Gasteiger partial charge in [-0.2, -0.15) is 0 Å². The van der Waals surface area contributed by atoms with E-state index in [1.165, 1.54) is 0 Å². The monoisotopic (exact) mass is 375 g/mol. The number of aliphatic hydroxyl groups excluding tert-OH is 1. The Hall–Kier alpha value is -1.83. The molecule has 2 saturated heterocycles. The maximum Gasteiger partial charge on any atom is 0.237 e. The van der Waals surface area contributed by atoms with Crippen LogP contribution in [0.5, 0.6) is 11.5 Å². The van der Waals surface area contributed by atoms with Gasteiger partial charge in [0.15, 0.2) is 11.5 Å². The molecule has 1 N–H and O–H groups in total. The molecule has 2 fully saturated rings. The van der Waals surface area contributed by atoms with E-state index in [4.69, 9.17) is 14.6 Å². The average Bonchev–Trinajstić information content (AvgIpc) is 3.19. The predicted octanol–water partition coefficient (Wildman–Crippen LogP) is 0.731. The van der Waals surface area contributed by atoms with Gasteiger partial charge in [-0.1, -0.05) is 6.07 Å². The van der Waals surface area contributed by atoms with Crippen LogP contribution in [0, 0.1) is 0 Å². The third-order valence-corrected chi connectivity index (χ3v) is 5.76. The first kappa shape index (κ1) is 18.5. The maximum absolute atomic E-state index is 13.0. The van der Waals surface area contributed by atoms with Crippen molar-refractivity contribution in [3.05, 3.63) is 23.8 Å². The first-order valence-corrected chi connectivity index (χ1v) is 9.99. The fraction of sp³-hybridized carbons (Fsp3) is 0.650. The summed E-state index contributed by atoms with van der Waals surface area (Å²) in [5, 5.41) is 9.05. The van der Waals surface area contributed by atoms with Gasteiger partial charge >= 0.3 is 0 Å². The van der Waals surface area contributed by atoms with Crippen molar-refractivity contribution < 1.29 is 19.4 Å². The highest BCUT2D eigenvalue weighted by molar-refractivity contribution is 5.79. The Morgan fingerprint density at radius 2 is 1.78 bits per heavy atom. The first-order chi connectivity index (χ1) is 13.2. The Balaban J connectivity index is 1.37. The number of rotatable bonds is 5. The number of piperazine rings is 1. The second-order valence-electron chi connectivity index (χ2n) is 7.49. The van der Waals surface area contributed by atoms with Gasteiger partial charge in [0.05, 0.1) is 19.2 Å². The van der Waals surface area contributed by atoms with Gasteiger partial charge in [-0.15, -0.1) is 0 Å². The van der Waals surface area contributed by atoms with Crippen molar-refractivity contribution in [3.8, 4) is 11.5 Å². The molecule has 7 heteroatoms. The van der Waals surface area contributed by atoms with E-state index in [0.717, 1.165) is 69.2 Å². The maximum atomic E-state index is 13.0. The number of hydrogen-bond acceptors (Lipinski definition) is 6. The Labute approximate surface area is 160 Å². The summed E-state index contributed by atoms with van der Waals surface area (Å²) in [5.74, 6) is 1.79. The second-order valence-corrected chi connectivity index (χ2v) is 7.49. The van der Waals surface area contributed by atoms with Crippen LogP contribution in [-0.4, -0.2) is 91.3 Å². The predicted molar refractivity (Wildman–Crippen MR) is 101 cm³/mol. The minimum Gasteiger partial charge on any atom is -0.486 e. The molecular formula is C20H29N3O4. The van der Waals surface area contributed by atoms with Gasteiger partial charge in [0.1, 0.15) is 13.2 Å². The standard InChI is InChI=1S/C20H29N3O4/c24-11-10-21-6-8-22(9-7-21)15-20(25)23-5-1-2-17(23)16-3-4-18-19(14-16)27-13-12-26-18/h3-4,14,17,24H,1-2,5-13,15H2. The number of carbonyl (C=O) groups excluding carboxylic acids is 1. The van der Waals surface area contributed by atoms with Crippen LogP contribution in [0.3, 0.4) is 0 Å². The number of benzene rings is 1. The molecule has 3 heterocycles. The van der Waals surface area contributed by atoms with Gasteiger partial charge in [0.2, 0.25) is 5.91 Å². The fourth-order valence-electron chi connectivity index (χ4n) is 4.27. The molecule has 1 amide bonds. The van der Waals surface area contributed by atoms with Crippen LogP contribution >= 0.6 is 0 Å². The van der Waals surface area contributed by atoms with E-state index in [9.17, 15) is 4.79 Å². The number of nitrogens with zero attached hydrogens (tertiary/aromatic N) is 3. The van der Waals surface area contributed by atoms with Crippen LogP contribution in [0.2, 0.25) is 0 Å². The highest BCUT2D eigenvalue weighted by Crippen LogP contribution is 2.38. The lowest BCUT2D eigenvalue weighted by molar-refractivity contribution is -0.133. The zero-order valence-electron chi connectivity index (χ0n) is 15.8. The number of aliphatic hydroxyl groups is 1. The summed E-state index contributed by atoms with van der Waals surface area (Å²) in [6, 6.07) is 6.20. The Morgan fingerprint density at radius 3 is 2.56 bits per heavy atom. The Morgan fingerprint density at radius 1 is 1.04 bits per heavy atom. The molecule has 0 aliphatic carbocycles. The highest BCUT2D eigenvalue weighted by Gasteiger charge is 2.32. The van der Waals surface area contributed by atoms with Crippen molar-refractivity contribution in [2.75, 3.05) is 65.6 Å². The molecule has 148 valence electrons. The molecule has 3 aliphatic rings. The zero-order valence-corrected chi connectivity index (χ0v) is 15.8. The molecular weight excluding hydrogens is 346 g/mol. The number of ether oxygens (including phenoxy) is 2. The SMILES string of the molecule is O=C(CN1CCN(CCO)CC1)N1CCCC1c1ccc2c(c1)OCCO2. The Kier molecular flexibility index (Phi) is 5.80. The molecule has 0 saturated carbocycles. The summed E-state index contributed by atoms with van der Waals surface area (Å²) in [6.45, 7) is 6.99. The number of amides is 1. The van der Waals surface area contributed by atoms with Crippen molar-refractivity contribution in [1.82, 2.24) is 14.7 Å². The summed E-state index contributed by atoms with van der Waals surface area (Å²) in [7, 11) is 0. The van der Waals surface area contributed by atoms with Crippen molar-refractivity contribution in [2.24, 2.45) is 0 Å². The van der Waals surface area contributed by atoms with Gasteiger partial charge in [-0.25, -0.2) is 0 Å². The van der Waals surface area contributed by atoms with Gasteiger partial charge in [0, 0.05) is 39.3 Å². The molecule has 1 aromatic rings. The summed E-state index contributed by atoms with van der Waals surface area (Å²) >= 11 is 0. The van der Waals surface area contributed by atoms with Gasteiger partial charge in [-0.3, -0.25) is 14.6 Å². The minimum atomic E-state index is 0.129. The summed E-state index contributed by atoms with van der Waals surface area (Å²) < 4.78 is 11.3.